The predicted octanol–water partition coefficient (Wildman–Crippen LogP) is 4.18. The van der Waals surface area contributed by atoms with Crippen LogP contribution in [0.15, 0.2) is 40.7 Å². The summed E-state index contributed by atoms with van der Waals surface area (Å²) >= 11 is 1.72. The van der Waals surface area contributed by atoms with E-state index in [2.05, 4.69) is 71.0 Å². The number of thiazole rings is 1. The zero-order chi connectivity index (χ0) is 16.5. The van der Waals surface area contributed by atoms with E-state index in [0.29, 0.717) is 12.5 Å². The number of benzene rings is 1. The zero-order valence-electron chi connectivity index (χ0n) is 14.6. The number of rotatable bonds is 7. The summed E-state index contributed by atoms with van der Waals surface area (Å²) in [6.07, 6.45) is 0.986. The van der Waals surface area contributed by atoms with Gasteiger partial charge in [-0.15, -0.1) is 35.3 Å². The third kappa shape index (κ3) is 7.17. The Morgan fingerprint density at radius 3 is 2.58 bits per heavy atom. The number of halogens is 1. The first-order chi connectivity index (χ1) is 11.2. The van der Waals surface area contributed by atoms with Gasteiger partial charge >= 0.3 is 0 Å². The predicted molar refractivity (Wildman–Crippen MR) is 115 cm³/mol. The van der Waals surface area contributed by atoms with E-state index in [1.807, 2.05) is 6.07 Å². The van der Waals surface area contributed by atoms with Crippen molar-refractivity contribution in [3.8, 4) is 0 Å². The second-order valence-corrected chi connectivity index (χ2v) is 6.58. The molecule has 0 bridgehead atoms. The lowest BCUT2D eigenvalue weighted by Crippen LogP contribution is -2.38. The number of aromatic nitrogens is 1. The Balaban J connectivity index is 0.00000288. The van der Waals surface area contributed by atoms with Gasteiger partial charge in [0.05, 0.1) is 17.2 Å². The molecule has 6 heteroatoms. The number of nitrogens with zero attached hydrogens (tertiary/aromatic N) is 2. The molecule has 4 nitrogen and oxygen atoms in total. The summed E-state index contributed by atoms with van der Waals surface area (Å²) in [5.41, 5.74) is 2.37. The number of hydrogen-bond donors (Lipinski definition) is 2. The summed E-state index contributed by atoms with van der Waals surface area (Å²) in [6, 6.07) is 10.5. The van der Waals surface area contributed by atoms with Crippen LogP contribution in [0.3, 0.4) is 0 Å². The van der Waals surface area contributed by atoms with E-state index in [4.69, 9.17) is 0 Å². The van der Waals surface area contributed by atoms with Gasteiger partial charge in [-0.1, -0.05) is 44.2 Å². The second kappa shape index (κ2) is 11.4. The lowest BCUT2D eigenvalue weighted by molar-refractivity contribution is 0.793. The molecular formula is C18H27IN4S. The zero-order valence-corrected chi connectivity index (χ0v) is 17.7. The fourth-order valence-corrected chi connectivity index (χ4v) is 2.96. The van der Waals surface area contributed by atoms with E-state index in [1.54, 1.807) is 11.3 Å². The maximum Gasteiger partial charge on any atom is 0.191 e. The van der Waals surface area contributed by atoms with Gasteiger partial charge < -0.3 is 10.6 Å². The quantitative estimate of drug-likeness (QED) is 0.372. The topological polar surface area (TPSA) is 49.3 Å². The molecule has 2 N–H and O–H groups in total. The Morgan fingerprint density at radius 2 is 1.96 bits per heavy atom. The van der Waals surface area contributed by atoms with E-state index in [-0.39, 0.29) is 24.0 Å². The minimum atomic E-state index is 0. The molecule has 1 aromatic heterocycles. The van der Waals surface area contributed by atoms with Crippen LogP contribution >= 0.6 is 35.3 Å². The van der Waals surface area contributed by atoms with Crippen LogP contribution in [0.2, 0.25) is 0 Å². The molecule has 0 aliphatic rings. The van der Waals surface area contributed by atoms with E-state index in [1.165, 1.54) is 10.6 Å². The summed E-state index contributed by atoms with van der Waals surface area (Å²) < 4.78 is 0. The second-order valence-electron chi connectivity index (χ2n) is 5.69. The molecule has 0 radical (unpaired) electrons. The Labute approximate surface area is 166 Å². The van der Waals surface area contributed by atoms with Gasteiger partial charge in [0.25, 0.3) is 0 Å². The van der Waals surface area contributed by atoms with E-state index in [0.717, 1.165) is 31.2 Å². The summed E-state index contributed by atoms with van der Waals surface area (Å²) in [7, 11) is 0. The minimum absolute atomic E-state index is 0. The first kappa shape index (κ1) is 20.9. The lowest BCUT2D eigenvalue weighted by Gasteiger charge is -2.11. The Kier molecular flexibility index (Phi) is 9.94. The van der Waals surface area contributed by atoms with Gasteiger partial charge in [0.15, 0.2) is 5.96 Å². The molecule has 132 valence electrons. The van der Waals surface area contributed by atoms with Crippen molar-refractivity contribution < 1.29 is 0 Å². The average Bonchev–Trinajstić information content (AvgIpc) is 3.03. The minimum Gasteiger partial charge on any atom is -0.357 e. The molecule has 0 saturated carbocycles. The smallest absolute Gasteiger partial charge is 0.191 e. The molecule has 1 aromatic carbocycles. The first-order valence-electron chi connectivity index (χ1n) is 8.19. The molecular weight excluding hydrogens is 431 g/mol. The highest BCUT2D eigenvalue weighted by Gasteiger charge is 2.05. The monoisotopic (exact) mass is 458 g/mol. The van der Waals surface area contributed by atoms with Crippen LogP contribution in [-0.4, -0.2) is 24.0 Å². The van der Waals surface area contributed by atoms with Crippen LogP contribution < -0.4 is 10.6 Å². The Morgan fingerprint density at radius 1 is 1.21 bits per heavy atom. The van der Waals surface area contributed by atoms with E-state index >= 15 is 0 Å². The fraction of sp³-hybridized carbons (Fsp3) is 0.444. The van der Waals surface area contributed by atoms with Crippen molar-refractivity contribution in [2.45, 2.75) is 39.7 Å². The molecule has 0 saturated heterocycles. The molecule has 0 fully saturated rings. The highest BCUT2D eigenvalue weighted by atomic mass is 127. The molecule has 1 heterocycles. The third-order valence-electron chi connectivity index (χ3n) is 3.36. The van der Waals surface area contributed by atoms with E-state index in [9.17, 15) is 0 Å². The molecule has 0 atom stereocenters. The van der Waals surface area contributed by atoms with Crippen molar-refractivity contribution >= 4 is 41.3 Å². The van der Waals surface area contributed by atoms with E-state index < -0.39 is 0 Å². The normalized spacial score (nSPS) is 11.2. The van der Waals surface area contributed by atoms with Crippen LogP contribution in [0, 0.1) is 0 Å². The first-order valence-corrected chi connectivity index (χ1v) is 9.07. The maximum atomic E-state index is 4.63. The average molecular weight is 458 g/mol. The third-order valence-corrected chi connectivity index (χ3v) is 4.55. The molecule has 2 aromatic rings. The SMILES string of the molecule is CCNC(=NCc1csc(C(C)C)n1)NCCc1ccccc1.I. The summed E-state index contributed by atoms with van der Waals surface area (Å²) in [5, 5.41) is 9.95. The molecule has 0 unspecified atom stereocenters. The van der Waals surface area contributed by atoms with Crippen LogP contribution in [0.25, 0.3) is 0 Å². The standard InChI is InChI=1S/C18H26N4S.HI/c1-4-19-18(20-11-10-15-8-6-5-7-9-15)21-12-16-13-23-17(22-16)14(2)3;/h5-9,13-14H,4,10-12H2,1-3H3,(H2,19,20,21);1H. The molecule has 24 heavy (non-hydrogen) atoms. The van der Waals surface area contributed by atoms with Gasteiger partial charge in [-0.2, -0.15) is 0 Å². The van der Waals surface area contributed by atoms with Gasteiger partial charge in [-0.05, 0) is 18.9 Å². The van der Waals surface area contributed by atoms with Crippen molar-refractivity contribution in [1.29, 1.82) is 0 Å². The molecule has 0 spiro atoms. The number of hydrogen-bond acceptors (Lipinski definition) is 3. The molecule has 0 aliphatic carbocycles. The summed E-state index contributed by atoms with van der Waals surface area (Å²) in [6.45, 7) is 8.75. The summed E-state index contributed by atoms with van der Waals surface area (Å²) in [4.78, 5) is 9.25. The van der Waals surface area contributed by atoms with Crippen LogP contribution in [0.5, 0.6) is 0 Å². The van der Waals surface area contributed by atoms with Gasteiger partial charge in [-0.25, -0.2) is 9.98 Å². The number of aliphatic imine (C=N–C) groups is 1. The van der Waals surface area contributed by atoms with Gasteiger partial charge in [0.2, 0.25) is 0 Å². The van der Waals surface area contributed by atoms with Crippen molar-refractivity contribution in [1.82, 2.24) is 15.6 Å². The molecule has 0 aliphatic heterocycles. The highest BCUT2D eigenvalue weighted by Crippen LogP contribution is 2.19. The van der Waals surface area contributed by atoms with Crippen molar-refractivity contribution in [2.24, 2.45) is 4.99 Å². The van der Waals surface area contributed by atoms with Crippen molar-refractivity contribution in [3.05, 3.63) is 52.0 Å². The lowest BCUT2D eigenvalue weighted by atomic mass is 10.1. The maximum absolute atomic E-state index is 4.63. The van der Waals surface area contributed by atoms with Crippen LogP contribution in [0.1, 0.15) is 43.0 Å². The van der Waals surface area contributed by atoms with Gasteiger partial charge in [-0.3, -0.25) is 0 Å². The fourth-order valence-electron chi connectivity index (χ4n) is 2.13. The molecule has 0 amide bonds. The number of guanidine groups is 1. The van der Waals surface area contributed by atoms with Gasteiger partial charge in [0.1, 0.15) is 0 Å². The van der Waals surface area contributed by atoms with Crippen LogP contribution in [0.4, 0.5) is 0 Å². The highest BCUT2D eigenvalue weighted by molar-refractivity contribution is 14.0. The Hall–Kier alpha value is -1.15. The molecule has 2 rings (SSSR count). The van der Waals surface area contributed by atoms with Crippen LogP contribution in [-0.2, 0) is 13.0 Å². The Bertz CT molecular complexity index is 610. The number of nitrogens with one attached hydrogen (secondary N) is 2. The van der Waals surface area contributed by atoms with Crippen molar-refractivity contribution in [3.63, 3.8) is 0 Å². The summed E-state index contributed by atoms with van der Waals surface area (Å²) in [5.74, 6) is 1.33. The van der Waals surface area contributed by atoms with Crippen molar-refractivity contribution in [2.75, 3.05) is 13.1 Å². The van der Waals surface area contributed by atoms with Gasteiger partial charge in [0, 0.05) is 24.4 Å². The largest absolute Gasteiger partial charge is 0.357 e.